The second-order valence-corrected chi connectivity index (χ2v) is 4.82. The maximum absolute atomic E-state index is 13.7. The molecule has 0 aliphatic carbocycles. The Balaban J connectivity index is 2.08. The van der Waals surface area contributed by atoms with E-state index in [0.29, 0.717) is 12.2 Å². The Labute approximate surface area is 106 Å². The summed E-state index contributed by atoms with van der Waals surface area (Å²) in [6.07, 6.45) is 4.00. The number of halogens is 2. The first-order valence-electron chi connectivity index (χ1n) is 6.42. The van der Waals surface area contributed by atoms with E-state index in [1.807, 2.05) is 0 Å². The van der Waals surface area contributed by atoms with Crippen LogP contribution in [0.4, 0.5) is 8.78 Å². The Morgan fingerprint density at radius 1 is 1.28 bits per heavy atom. The maximum atomic E-state index is 13.7. The first-order chi connectivity index (χ1) is 8.63. The van der Waals surface area contributed by atoms with E-state index in [0.717, 1.165) is 25.7 Å². The SMILES string of the molecule is CCCC1CCC(c2ccc(O)c(F)c2F)CO1. The minimum Gasteiger partial charge on any atom is -0.505 e. The predicted molar refractivity (Wildman–Crippen MR) is 64.6 cm³/mol. The fraction of sp³-hybridized carbons (Fsp3) is 0.571. The molecular weight excluding hydrogens is 238 g/mol. The first-order valence-corrected chi connectivity index (χ1v) is 6.42. The molecule has 2 atom stereocenters. The van der Waals surface area contributed by atoms with Gasteiger partial charge in [0, 0.05) is 5.92 Å². The van der Waals surface area contributed by atoms with Crippen LogP contribution in [0, 0.1) is 11.6 Å². The molecule has 0 saturated carbocycles. The summed E-state index contributed by atoms with van der Waals surface area (Å²) in [6.45, 7) is 2.52. The van der Waals surface area contributed by atoms with Crippen molar-refractivity contribution in [1.29, 1.82) is 0 Å². The van der Waals surface area contributed by atoms with Crippen molar-refractivity contribution in [3.63, 3.8) is 0 Å². The summed E-state index contributed by atoms with van der Waals surface area (Å²) in [5, 5.41) is 9.09. The molecule has 2 nitrogen and oxygen atoms in total. The predicted octanol–water partition coefficient (Wildman–Crippen LogP) is 3.73. The zero-order chi connectivity index (χ0) is 13.1. The van der Waals surface area contributed by atoms with Crippen molar-refractivity contribution in [2.45, 2.75) is 44.6 Å². The van der Waals surface area contributed by atoms with Crippen LogP contribution < -0.4 is 0 Å². The molecular formula is C14H18F2O2. The molecule has 0 spiro atoms. The molecule has 1 aliphatic heterocycles. The summed E-state index contributed by atoms with van der Waals surface area (Å²) >= 11 is 0. The summed E-state index contributed by atoms with van der Waals surface area (Å²) in [6, 6.07) is 2.65. The van der Waals surface area contributed by atoms with Gasteiger partial charge in [-0.05, 0) is 30.9 Å². The minimum atomic E-state index is -1.16. The second kappa shape index (κ2) is 5.65. The summed E-state index contributed by atoms with van der Waals surface area (Å²) in [4.78, 5) is 0. The van der Waals surface area contributed by atoms with E-state index in [2.05, 4.69) is 6.92 Å². The fourth-order valence-corrected chi connectivity index (χ4v) is 2.47. The lowest BCUT2D eigenvalue weighted by Crippen LogP contribution is -2.25. The van der Waals surface area contributed by atoms with E-state index < -0.39 is 17.4 Å². The summed E-state index contributed by atoms with van der Waals surface area (Å²) in [7, 11) is 0. The second-order valence-electron chi connectivity index (χ2n) is 4.82. The maximum Gasteiger partial charge on any atom is 0.200 e. The Bertz CT molecular complexity index is 413. The molecule has 0 bridgehead atoms. The van der Waals surface area contributed by atoms with Crippen LogP contribution in [0.1, 0.15) is 44.1 Å². The highest BCUT2D eigenvalue weighted by Gasteiger charge is 2.26. The van der Waals surface area contributed by atoms with Gasteiger partial charge in [-0.1, -0.05) is 19.4 Å². The van der Waals surface area contributed by atoms with Gasteiger partial charge in [-0.15, -0.1) is 0 Å². The molecule has 4 heteroatoms. The van der Waals surface area contributed by atoms with E-state index in [9.17, 15) is 8.78 Å². The van der Waals surface area contributed by atoms with Crippen LogP contribution in [0.25, 0.3) is 0 Å². The zero-order valence-electron chi connectivity index (χ0n) is 10.5. The molecule has 0 amide bonds. The highest BCUT2D eigenvalue weighted by Crippen LogP contribution is 2.33. The lowest BCUT2D eigenvalue weighted by molar-refractivity contribution is -0.00184. The van der Waals surface area contributed by atoms with Crippen LogP contribution in [-0.4, -0.2) is 17.8 Å². The van der Waals surface area contributed by atoms with Crippen molar-refractivity contribution >= 4 is 0 Å². The number of phenolic OH excluding ortho intramolecular Hbond substituents is 1. The lowest BCUT2D eigenvalue weighted by atomic mass is 9.90. The van der Waals surface area contributed by atoms with Crippen molar-refractivity contribution in [3.8, 4) is 5.75 Å². The normalized spacial score (nSPS) is 24.2. The van der Waals surface area contributed by atoms with Crippen molar-refractivity contribution in [2.75, 3.05) is 6.61 Å². The van der Waals surface area contributed by atoms with Gasteiger partial charge in [0.15, 0.2) is 11.6 Å². The van der Waals surface area contributed by atoms with Crippen LogP contribution >= 0.6 is 0 Å². The van der Waals surface area contributed by atoms with E-state index in [-0.39, 0.29) is 12.0 Å². The first kappa shape index (κ1) is 13.3. The molecule has 1 fully saturated rings. The Kier molecular flexibility index (Phi) is 4.17. The topological polar surface area (TPSA) is 29.5 Å². The molecule has 0 aromatic heterocycles. The number of phenols is 1. The molecule has 1 heterocycles. The van der Waals surface area contributed by atoms with Gasteiger partial charge >= 0.3 is 0 Å². The van der Waals surface area contributed by atoms with Gasteiger partial charge in [0.1, 0.15) is 0 Å². The van der Waals surface area contributed by atoms with E-state index in [4.69, 9.17) is 9.84 Å². The summed E-state index contributed by atoms with van der Waals surface area (Å²) < 4.78 is 32.6. The number of hydrogen-bond acceptors (Lipinski definition) is 2. The van der Waals surface area contributed by atoms with Gasteiger partial charge in [-0.2, -0.15) is 4.39 Å². The highest BCUT2D eigenvalue weighted by molar-refractivity contribution is 5.32. The Morgan fingerprint density at radius 2 is 2.06 bits per heavy atom. The van der Waals surface area contributed by atoms with Crippen molar-refractivity contribution in [3.05, 3.63) is 29.3 Å². The molecule has 1 aromatic rings. The van der Waals surface area contributed by atoms with E-state index in [1.165, 1.54) is 12.1 Å². The molecule has 1 aliphatic rings. The third-order valence-electron chi connectivity index (χ3n) is 3.51. The quantitative estimate of drug-likeness (QED) is 0.892. The van der Waals surface area contributed by atoms with E-state index in [1.54, 1.807) is 0 Å². The van der Waals surface area contributed by atoms with Gasteiger partial charge in [0.25, 0.3) is 0 Å². The molecule has 1 saturated heterocycles. The van der Waals surface area contributed by atoms with Gasteiger partial charge < -0.3 is 9.84 Å². The van der Waals surface area contributed by atoms with Gasteiger partial charge in [-0.3, -0.25) is 0 Å². The van der Waals surface area contributed by atoms with E-state index >= 15 is 0 Å². The highest BCUT2D eigenvalue weighted by atomic mass is 19.2. The Morgan fingerprint density at radius 3 is 2.67 bits per heavy atom. The molecule has 1 aromatic carbocycles. The fourth-order valence-electron chi connectivity index (χ4n) is 2.47. The lowest BCUT2D eigenvalue weighted by Gasteiger charge is -2.29. The zero-order valence-corrected chi connectivity index (χ0v) is 10.5. The molecule has 100 valence electrons. The minimum absolute atomic E-state index is 0.117. The smallest absolute Gasteiger partial charge is 0.200 e. The molecule has 2 unspecified atom stereocenters. The monoisotopic (exact) mass is 256 g/mol. The molecule has 18 heavy (non-hydrogen) atoms. The Hall–Kier alpha value is -1.16. The summed E-state index contributed by atoms with van der Waals surface area (Å²) in [5.41, 5.74) is 0.306. The number of benzene rings is 1. The largest absolute Gasteiger partial charge is 0.505 e. The van der Waals surface area contributed by atoms with Crippen molar-refractivity contribution in [1.82, 2.24) is 0 Å². The number of rotatable bonds is 3. The molecule has 2 rings (SSSR count). The third kappa shape index (κ3) is 2.64. The average Bonchev–Trinajstić information content (AvgIpc) is 2.38. The molecule has 0 radical (unpaired) electrons. The standard InChI is InChI=1S/C14H18F2O2/c1-2-3-10-5-4-9(8-18-10)11-6-7-12(17)14(16)13(11)15/h6-7,9-10,17H,2-5,8H2,1H3. The van der Waals surface area contributed by atoms with Crippen molar-refractivity contribution < 1.29 is 18.6 Å². The van der Waals surface area contributed by atoms with Gasteiger partial charge in [-0.25, -0.2) is 4.39 Å². The van der Waals surface area contributed by atoms with Crippen LogP contribution in [-0.2, 0) is 4.74 Å². The average molecular weight is 256 g/mol. The van der Waals surface area contributed by atoms with Crippen LogP contribution in [0.5, 0.6) is 5.75 Å². The van der Waals surface area contributed by atoms with Crippen LogP contribution in [0.2, 0.25) is 0 Å². The molecule has 1 N–H and O–H groups in total. The third-order valence-corrected chi connectivity index (χ3v) is 3.51. The van der Waals surface area contributed by atoms with Gasteiger partial charge in [0.2, 0.25) is 5.82 Å². The van der Waals surface area contributed by atoms with Crippen LogP contribution in [0.3, 0.4) is 0 Å². The number of ether oxygens (including phenoxy) is 1. The number of aromatic hydroxyl groups is 1. The number of hydrogen-bond donors (Lipinski definition) is 1. The van der Waals surface area contributed by atoms with Crippen LogP contribution in [0.15, 0.2) is 12.1 Å². The van der Waals surface area contributed by atoms with Crippen molar-refractivity contribution in [2.24, 2.45) is 0 Å². The van der Waals surface area contributed by atoms with Gasteiger partial charge in [0.05, 0.1) is 12.7 Å². The summed E-state index contributed by atoms with van der Waals surface area (Å²) in [5.74, 6) is -2.87.